The van der Waals surface area contributed by atoms with E-state index in [0.717, 1.165) is 39.9 Å². The number of hydrogen-bond donors (Lipinski definition) is 2. The fourth-order valence-corrected chi connectivity index (χ4v) is 5.78. The number of fused-ring (bicyclic) bond motifs is 1. The van der Waals surface area contributed by atoms with Gasteiger partial charge in [0.05, 0.1) is 7.11 Å². The Balaban J connectivity index is 1.27. The van der Waals surface area contributed by atoms with Crippen molar-refractivity contribution in [3.8, 4) is 17.2 Å². The molecule has 2 aliphatic heterocycles. The van der Waals surface area contributed by atoms with Crippen molar-refractivity contribution in [2.45, 2.75) is 51.2 Å². The van der Waals surface area contributed by atoms with Crippen molar-refractivity contribution >= 4 is 23.3 Å². The molecule has 11 heteroatoms. The van der Waals surface area contributed by atoms with Gasteiger partial charge in [-0.2, -0.15) is 0 Å². The van der Waals surface area contributed by atoms with E-state index in [4.69, 9.17) is 29.6 Å². The Bertz CT molecular complexity index is 1660. The van der Waals surface area contributed by atoms with Crippen LogP contribution < -0.4 is 19.7 Å². The number of methoxy groups -OCH3 is 1. The Kier molecular flexibility index (Phi) is 8.66. The maximum Gasteiger partial charge on any atom is 0.284 e. The van der Waals surface area contributed by atoms with E-state index in [1.165, 1.54) is 4.90 Å². The number of nitrogens with one attached hydrogen (secondary N) is 2. The van der Waals surface area contributed by atoms with Gasteiger partial charge in [0.1, 0.15) is 28.9 Å². The number of alkyl halides is 2. The highest BCUT2D eigenvalue weighted by Crippen LogP contribution is 2.46. The summed E-state index contributed by atoms with van der Waals surface area (Å²) in [5.74, 6) is 1.37. The van der Waals surface area contributed by atoms with Gasteiger partial charge >= 0.3 is 0 Å². The van der Waals surface area contributed by atoms with Crippen LogP contribution in [0.2, 0.25) is 0 Å². The van der Waals surface area contributed by atoms with E-state index in [0.29, 0.717) is 24.7 Å². The Morgan fingerprint density at radius 2 is 1.54 bits per heavy atom. The van der Waals surface area contributed by atoms with Gasteiger partial charge in [-0.3, -0.25) is 5.41 Å². The van der Waals surface area contributed by atoms with Crippen LogP contribution in [-0.4, -0.2) is 53.6 Å². The number of aromatic nitrogens is 2. The third-order valence-electron chi connectivity index (χ3n) is 8.29. The van der Waals surface area contributed by atoms with Gasteiger partial charge in [-0.25, -0.2) is 18.7 Å². The van der Waals surface area contributed by atoms with E-state index < -0.39 is 5.92 Å². The van der Waals surface area contributed by atoms with Gasteiger partial charge in [-0.15, -0.1) is 0 Å². The van der Waals surface area contributed by atoms with Crippen LogP contribution in [-0.2, 0) is 23.3 Å². The largest absolute Gasteiger partial charge is 0.497 e. The van der Waals surface area contributed by atoms with Crippen molar-refractivity contribution < 1.29 is 23.0 Å². The molecule has 2 aliphatic rings. The highest BCUT2D eigenvalue weighted by molar-refractivity contribution is 5.75. The molecule has 3 heterocycles. The summed E-state index contributed by atoms with van der Waals surface area (Å²) in [7, 11) is 1.64. The first-order valence-corrected chi connectivity index (χ1v) is 15.3. The van der Waals surface area contributed by atoms with Gasteiger partial charge in [0.25, 0.3) is 11.9 Å². The monoisotopic (exact) mass is 628 g/mol. The molecule has 0 atom stereocenters. The molecule has 6 rings (SSSR count). The van der Waals surface area contributed by atoms with Gasteiger partial charge in [-0.05, 0) is 54.1 Å². The van der Waals surface area contributed by atoms with E-state index in [9.17, 15) is 8.78 Å². The summed E-state index contributed by atoms with van der Waals surface area (Å²) in [5.41, 5.74) is 2.67. The Labute approximate surface area is 267 Å². The molecule has 0 spiro atoms. The maximum atomic E-state index is 13.7. The van der Waals surface area contributed by atoms with Crippen LogP contribution in [0.4, 0.5) is 26.1 Å². The highest BCUT2D eigenvalue weighted by Gasteiger charge is 2.41. The number of para-hydroxylation sites is 1. The van der Waals surface area contributed by atoms with E-state index in [1.54, 1.807) is 7.11 Å². The third-order valence-corrected chi connectivity index (χ3v) is 8.29. The molecule has 0 unspecified atom stereocenters. The summed E-state index contributed by atoms with van der Waals surface area (Å²) in [6.45, 7) is 5.57. The minimum absolute atomic E-state index is 0.0670. The standard InChI is InChI=1S/C35H38F2N6O3/c1-34(2)23-43(25-11-15-28(16-12-25)46-27-7-5-4-6-8-27)32-30(34)31(39-21-24-9-13-26(44-3)14-10-24)40-29(41-32)22-45-33(38)42-19-17-35(36,37)18-20-42/h4-16,38H,17-23H2,1-3H3,(H,39,40,41). The lowest BCUT2D eigenvalue weighted by Gasteiger charge is -2.32. The highest BCUT2D eigenvalue weighted by atomic mass is 19.3. The molecule has 0 bridgehead atoms. The summed E-state index contributed by atoms with van der Waals surface area (Å²) < 4.78 is 44.4. The normalized spacial score (nSPS) is 16.5. The van der Waals surface area contributed by atoms with Crippen molar-refractivity contribution in [2.24, 2.45) is 0 Å². The fraction of sp³-hybridized carbons (Fsp3) is 0.343. The number of anilines is 3. The van der Waals surface area contributed by atoms with Crippen molar-refractivity contribution in [1.29, 1.82) is 5.41 Å². The van der Waals surface area contributed by atoms with Gasteiger partial charge in [0.15, 0.2) is 12.4 Å². The van der Waals surface area contributed by atoms with E-state index in [-0.39, 0.29) is 44.0 Å². The number of halogens is 2. The van der Waals surface area contributed by atoms with Crippen LogP contribution in [0.15, 0.2) is 78.9 Å². The molecule has 0 amide bonds. The quantitative estimate of drug-likeness (QED) is 0.145. The molecule has 0 radical (unpaired) electrons. The molecule has 0 aliphatic carbocycles. The lowest BCUT2D eigenvalue weighted by Crippen LogP contribution is -2.43. The van der Waals surface area contributed by atoms with Gasteiger partial charge in [0, 0.05) is 55.7 Å². The van der Waals surface area contributed by atoms with E-state index in [2.05, 4.69) is 24.1 Å². The Morgan fingerprint density at radius 1 is 0.891 bits per heavy atom. The first kappa shape index (κ1) is 31.1. The number of piperidine rings is 1. The molecule has 1 aromatic heterocycles. The Morgan fingerprint density at radius 3 is 2.22 bits per heavy atom. The maximum absolute atomic E-state index is 13.7. The zero-order valence-electron chi connectivity index (χ0n) is 26.2. The fourth-order valence-electron chi connectivity index (χ4n) is 5.78. The smallest absolute Gasteiger partial charge is 0.284 e. The molecular weight excluding hydrogens is 590 g/mol. The molecule has 4 aromatic rings. The predicted octanol–water partition coefficient (Wildman–Crippen LogP) is 7.50. The zero-order chi connectivity index (χ0) is 32.3. The minimum atomic E-state index is -2.70. The molecular formula is C35H38F2N6O3. The van der Waals surface area contributed by atoms with E-state index >= 15 is 0 Å². The molecule has 1 saturated heterocycles. The van der Waals surface area contributed by atoms with Crippen molar-refractivity contribution in [2.75, 3.05) is 37.0 Å². The second-order valence-corrected chi connectivity index (χ2v) is 12.2. The number of hydrogen-bond acceptors (Lipinski definition) is 8. The summed E-state index contributed by atoms with van der Waals surface area (Å²) in [4.78, 5) is 13.5. The minimum Gasteiger partial charge on any atom is -0.497 e. The van der Waals surface area contributed by atoms with Crippen LogP contribution in [0, 0.1) is 5.41 Å². The molecule has 2 N–H and O–H groups in total. The van der Waals surface area contributed by atoms with Crippen LogP contribution in [0.25, 0.3) is 0 Å². The van der Waals surface area contributed by atoms with Crippen LogP contribution in [0.5, 0.6) is 17.2 Å². The van der Waals surface area contributed by atoms with Crippen molar-refractivity contribution in [3.05, 3.63) is 95.8 Å². The van der Waals surface area contributed by atoms with Crippen LogP contribution in [0.3, 0.4) is 0 Å². The molecule has 9 nitrogen and oxygen atoms in total. The zero-order valence-corrected chi connectivity index (χ0v) is 26.2. The van der Waals surface area contributed by atoms with Gasteiger partial charge < -0.3 is 29.3 Å². The van der Waals surface area contributed by atoms with Gasteiger partial charge in [-0.1, -0.05) is 44.2 Å². The van der Waals surface area contributed by atoms with Crippen LogP contribution in [0.1, 0.15) is 43.6 Å². The topological polar surface area (TPSA) is 95.8 Å². The molecule has 3 aromatic carbocycles. The molecule has 240 valence electrons. The summed E-state index contributed by atoms with van der Waals surface area (Å²) in [6, 6.07) is 25.2. The average molecular weight is 629 g/mol. The van der Waals surface area contributed by atoms with Crippen molar-refractivity contribution in [3.63, 3.8) is 0 Å². The van der Waals surface area contributed by atoms with E-state index in [1.807, 2.05) is 78.9 Å². The number of benzene rings is 3. The SMILES string of the molecule is COc1ccc(CNc2nc(COC(=N)N3CCC(F)(F)CC3)nc3c2C(C)(C)CN3c2ccc(Oc3ccccc3)cc2)cc1. The number of amidine groups is 1. The lowest BCUT2D eigenvalue weighted by molar-refractivity contribution is -0.0472. The second kappa shape index (κ2) is 12.8. The van der Waals surface area contributed by atoms with Crippen LogP contribution >= 0.6 is 0 Å². The lowest BCUT2D eigenvalue weighted by atomic mass is 9.88. The average Bonchev–Trinajstić information content (AvgIpc) is 3.33. The first-order valence-electron chi connectivity index (χ1n) is 15.3. The van der Waals surface area contributed by atoms with Gasteiger partial charge in [0.2, 0.25) is 0 Å². The summed E-state index contributed by atoms with van der Waals surface area (Å²) >= 11 is 0. The molecule has 0 saturated carbocycles. The first-order chi connectivity index (χ1) is 22.1. The number of nitrogens with zero attached hydrogens (tertiary/aromatic N) is 4. The number of likely N-dealkylation sites (tertiary alicyclic amines) is 1. The third kappa shape index (κ3) is 6.98. The molecule has 1 fully saturated rings. The number of rotatable bonds is 9. The molecule has 46 heavy (non-hydrogen) atoms. The predicted molar refractivity (Wildman–Crippen MR) is 174 cm³/mol. The second-order valence-electron chi connectivity index (χ2n) is 12.2. The summed E-state index contributed by atoms with van der Waals surface area (Å²) in [6.07, 6.45) is -0.598. The van der Waals surface area contributed by atoms with Crippen molar-refractivity contribution in [1.82, 2.24) is 14.9 Å². The number of ether oxygens (including phenoxy) is 3. The Hall–Kier alpha value is -4.93. The summed E-state index contributed by atoms with van der Waals surface area (Å²) in [5, 5.41) is 11.9.